The van der Waals surface area contributed by atoms with Crippen molar-refractivity contribution in [1.29, 1.82) is 0 Å². The summed E-state index contributed by atoms with van der Waals surface area (Å²) in [5, 5.41) is 1.48. The van der Waals surface area contributed by atoms with Gasteiger partial charge in [0.1, 0.15) is 0 Å². The third kappa shape index (κ3) is 6.96. The summed E-state index contributed by atoms with van der Waals surface area (Å²) >= 11 is 0. The second kappa shape index (κ2) is 16.5. The second-order valence-corrected chi connectivity index (χ2v) is 25.6. The third-order valence-corrected chi connectivity index (χ3v) is 17.2. The van der Waals surface area contributed by atoms with Crippen molar-refractivity contribution in [3.8, 4) is 55.6 Å². The molecule has 0 N–H and O–H groups in total. The van der Waals surface area contributed by atoms with E-state index in [0.717, 1.165) is 17.1 Å². The molecule has 0 spiro atoms. The molecule has 2 heteroatoms. The predicted molar refractivity (Wildman–Crippen MR) is 295 cm³/mol. The molecule has 1 nitrogen and oxygen atoms in total. The highest BCUT2D eigenvalue weighted by atomic mass is 28.3. The van der Waals surface area contributed by atoms with Crippen LogP contribution in [0, 0.1) is 0 Å². The predicted octanol–water partition coefficient (Wildman–Crippen LogP) is 17.4. The van der Waals surface area contributed by atoms with Crippen molar-refractivity contribution in [3.63, 3.8) is 0 Å². The minimum absolute atomic E-state index is 0.0622. The molecule has 12 rings (SSSR count). The molecule has 10 aromatic carbocycles. The van der Waals surface area contributed by atoms with Crippen molar-refractivity contribution in [2.24, 2.45) is 0 Å². The molecule has 0 radical (unpaired) electrons. The third-order valence-electron chi connectivity index (χ3n) is 15.2. The SMILES string of the molecule is CC1(C)c2ccccc2-c2c(-c3ccc(N(c4ccc(-c5ccc([Si](C)(C)C)cc5)cc4)c4ccc5c(c4)C(c4ccccc4)(c4ccc(-c6ccccc6)cc4)c4ccccc4-5)cc3)cccc21. The molecule has 0 amide bonds. The normalized spacial score (nSPS) is 15.2. The number of fused-ring (bicyclic) bond motifs is 6. The van der Waals surface area contributed by atoms with Crippen LogP contribution in [-0.4, -0.2) is 8.07 Å². The summed E-state index contributed by atoms with van der Waals surface area (Å²) in [5.74, 6) is 0. The molecular formula is C67H55NSi. The average molecular weight is 902 g/mol. The Balaban J connectivity index is 1.03. The van der Waals surface area contributed by atoms with Gasteiger partial charge in [-0.3, -0.25) is 0 Å². The average Bonchev–Trinajstić information content (AvgIpc) is 3.82. The van der Waals surface area contributed by atoms with E-state index in [9.17, 15) is 0 Å². The van der Waals surface area contributed by atoms with E-state index >= 15 is 0 Å². The minimum atomic E-state index is -1.41. The monoisotopic (exact) mass is 901 g/mol. The van der Waals surface area contributed by atoms with Crippen LogP contribution in [0.2, 0.25) is 19.6 Å². The minimum Gasteiger partial charge on any atom is -0.310 e. The van der Waals surface area contributed by atoms with Crippen LogP contribution in [0.1, 0.15) is 47.2 Å². The zero-order valence-electron chi connectivity index (χ0n) is 40.0. The Morgan fingerprint density at radius 1 is 0.319 bits per heavy atom. The maximum atomic E-state index is 2.48. The van der Waals surface area contributed by atoms with Crippen molar-refractivity contribution in [3.05, 3.63) is 276 Å². The van der Waals surface area contributed by atoms with E-state index in [1.807, 2.05) is 0 Å². The molecule has 0 bridgehead atoms. The summed E-state index contributed by atoms with van der Waals surface area (Å²) in [6.07, 6.45) is 0. The van der Waals surface area contributed by atoms with E-state index in [-0.39, 0.29) is 5.41 Å². The van der Waals surface area contributed by atoms with E-state index in [1.165, 1.54) is 94.2 Å². The first kappa shape index (κ1) is 42.6. The smallest absolute Gasteiger partial charge is 0.0775 e. The molecule has 10 aromatic rings. The summed E-state index contributed by atoms with van der Waals surface area (Å²) in [5.41, 5.74) is 23.1. The van der Waals surface area contributed by atoms with Gasteiger partial charge in [-0.1, -0.05) is 245 Å². The topological polar surface area (TPSA) is 3.24 Å². The number of rotatable bonds is 9. The lowest BCUT2D eigenvalue weighted by Gasteiger charge is -2.35. The summed E-state index contributed by atoms with van der Waals surface area (Å²) in [6, 6.07) is 90.9. The fourth-order valence-electron chi connectivity index (χ4n) is 11.6. The first-order valence-corrected chi connectivity index (χ1v) is 27.9. The van der Waals surface area contributed by atoms with Crippen LogP contribution in [0.25, 0.3) is 55.6 Å². The van der Waals surface area contributed by atoms with Gasteiger partial charge in [-0.15, -0.1) is 0 Å². The van der Waals surface area contributed by atoms with E-state index < -0.39 is 13.5 Å². The Bertz CT molecular complexity index is 3510. The fourth-order valence-corrected chi connectivity index (χ4v) is 12.8. The van der Waals surface area contributed by atoms with Gasteiger partial charge in [-0.25, -0.2) is 0 Å². The van der Waals surface area contributed by atoms with Crippen LogP contribution in [0.3, 0.4) is 0 Å². The molecule has 1 atom stereocenters. The Hall–Kier alpha value is -7.78. The summed E-state index contributed by atoms with van der Waals surface area (Å²) < 4.78 is 0. The van der Waals surface area contributed by atoms with Crippen LogP contribution < -0.4 is 10.1 Å². The fraction of sp³-hybridized carbons (Fsp3) is 0.104. The molecule has 332 valence electrons. The molecule has 0 aliphatic heterocycles. The lowest BCUT2D eigenvalue weighted by Crippen LogP contribution is -2.37. The molecule has 69 heavy (non-hydrogen) atoms. The standard InChI is InChI=1S/C67H55NSi/c1-66(2)61-24-14-13-22-60(61)65-57(23-16-26-63(65)66)50-31-39-54(40-32-50)68(53-37-29-48(30-38-53)49-33-42-56(43-34-49)69(3,4)5)55-41-44-59-58-21-12-15-25-62(58)67(64(59)45-55,51-19-10-7-11-20-51)52-35-27-47(28-36-52)46-17-8-6-9-18-46/h6-45H,1-5H3. The molecule has 0 heterocycles. The van der Waals surface area contributed by atoms with Crippen LogP contribution in [0.5, 0.6) is 0 Å². The van der Waals surface area contributed by atoms with Crippen LogP contribution in [0.15, 0.2) is 243 Å². The van der Waals surface area contributed by atoms with E-state index in [4.69, 9.17) is 0 Å². The zero-order valence-corrected chi connectivity index (χ0v) is 41.0. The molecule has 2 aliphatic carbocycles. The van der Waals surface area contributed by atoms with Gasteiger partial charge in [0.2, 0.25) is 0 Å². The maximum absolute atomic E-state index is 2.48. The number of nitrogens with zero attached hydrogens (tertiary/aromatic N) is 1. The Labute approximate surface area is 409 Å². The molecule has 0 aromatic heterocycles. The van der Waals surface area contributed by atoms with Gasteiger partial charge in [-0.2, -0.15) is 0 Å². The molecule has 1 unspecified atom stereocenters. The summed E-state index contributed by atoms with van der Waals surface area (Å²) in [7, 11) is -1.41. The van der Waals surface area contributed by atoms with Gasteiger partial charge in [0, 0.05) is 22.5 Å². The van der Waals surface area contributed by atoms with Crippen molar-refractivity contribution in [1.82, 2.24) is 0 Å². The lowest BCUT2D eigenvalue weighted by molar-refractivity contribution is 0.660. The van der Waals surface area contributed by atoms with Crippen LogP contribution >= 0.6 is 0 Å². The second-order valence-electron chi connectivity index (χ2n) is 20.5. The number of anilines is 3. The zero-order chi connectivity index (χ0) is 46.9. The molecule has 0 saturated heterocycles. The van der Waals surface area contributed by atoms with Gasteiger partial charge >= 0.3 is 0 Å². The molecule has 0 saturated carbocycles. The Morgan fingerprint density at radius 3 is 1.41 bits per heavy atom. The highest BCUT2D eigenvalue weighted by Gasteiger charge is 2.46. The Kier molecular flexibility index (Phi) is 10.2. The van der Waals surface area contributed by atoms with E-state index in [0.29, 0.717) is 0 Å². The van der Waals surface area contributed by atoms with Crippen molar-refractivity contribution in [2.75, 3.05) is 4.90 Å². The van der Waals surface area contributed by atoms with Gasteiger partial charge in [0.25, 0.3) is 0 Å². The highest BCUT2D eigenvalue weighted by Crippen LogP contribution is 2.58. The Morgan fingerprint density at radius 2 is 0.768 bits per heavy atom. The van der Waals surface area contributed by atoms with Crippen LogP contribution in [-0.2, 0) is 10.8 Å². The molecular weight excluding hydrogens is 847 g/mol. The van der Waals surface area contributed by atoms with Crippen molar-refractivity contribution in [2.45, 2.75) is 44.3 Å². The van der Waals surface area contributed by atoms with Crippen LogP contribution in [0.4, 0.5) is 17.1 Å². The number of benzene rings is 10. The molecule has 2 aliphatic rings. The first-order chi connectivity index (χ1) is 33.6. The quantitative estimate of drug-likeness (QED) is 0.131. The summed E-state index contributed by atoms with van der Waals surface area (Å²) in [6.45, 7) is 11.9. The molecule has 0 fully saturated rings. The van der Waals surface area contributed by atoms with Crippen molar-refractivity contribution >= 4 is 30.3 Å². The first-order valence-electron chi connectivity index (χ1n) is 24.4. The van der Waals surface area contributed by atoms with Gasteiger partial charge in [0.05, 0.1) is 13.5 Å². The van der Waals surface area contributed by atoms with E-state index in [2.05, 4.69) is 281 Å². The highest BCUT2D eigenvalue weighted by molar-refractivity contribution is 6.88. The van der Waals surface area contributed by atoms with Gasteiger partial charge < -0.3 is 4.90 Å². The van der Waals surface area contributed by atoms with Crippen molar-refractivity contribution < 1.29 is 0 Å². The van der Waals surface area contributed by atoms with E-state index in [1.54, 1.807) is 0 Å². The van der Waals surface area contributed by atoms with Gasteiger partial charge in [-0.05, 0) is 125 Å². The lowest BCUT2D eigenvalue weighted by atomic mass is 9.67. The number of hydrogen-bond acceptors (Lipinski definition) is 1. The van der Waals surface area contributed by atoms with Gasteiger partial charge in [0.15, 0.2) is 0 Å². The number of hydrogen-bond donors (Lipinski definition) is 0. The summed E-state index contributed by atoms with van der Waals surface area (Å²) in [4.78, 5) is 2.45. The maximum Gasteiger partial charge on any atom is 0.0775 e. The largest absolute Gasteiger partial charge is 0.310 e.